The second kappa shape index (κ2) is 11.0. The van der Waals surface area contributed by atoms with E-state index in [0.717, 1.165) is 22.7 Å². The highest BCUT2D eigenvalue weighted by atomic mass is 32.1. The average molecular weight is 692 g/mol. The lowest BCUT2D eigenvalue weighted by atomic mass is 9.33. The smallest absolute Gasteiger partial charge is 0.252 e. The fraction of sp³-hybridized carbons (Fsp3) is 0. The number of hydrogen-bond donors (Lipinski definition) is 0. The monoisotopic (exact) mass is 691 g/mol. The minimum atomic E-state index is 0.0565. The first-order valence-corrected chi connectivity index (χ1v) is 19.0. The van der Waals surface area contributed by atoms with Crippen LogP contribution in [0.15, 0.2) is 182 Å². The zero-order valence-electron chi connectivity index (χ0n) is 28.6. The fourth-order valence-corrected chi connectivity index (χ4v) is 10.4. The van der Waals surface area contributed by atoms with Crippen LogP contribution in [0.2, 0.25) is 0 Å². The summed E-state index contributed by atoms with van der Waals surface area (Å²) in [5.41, 5.74) is 14.8. The third kappa shape index (κ3) is 4.00. The summed E-state index contributed by atoms with van der Waals surface area (Å²) in [6.45, 7) is 0.0565. The van der Waals surface area contributed by atoms with E-state index in [4.69, 9.17) is 0 Å². The molecule has 10 aromatic rings. The fourth-order valence-electron chi connectivity index (χ4n) is 9.27. The molecule has 246 valence electrons. The Bertz CT molecular complexity index is 3040. The van der Waals surface area contributed by atoms with E-state index in [1.165, 1.54) is 75.4 Å². The number of fused-ring (bicyclic) bond motifs is 11. The summed E-state index contributed by atoms with van der Waals surface area (Å²) < 4.78 is 5.27. The molecule has 0 unspecified atom stereocenters. The number of rotatable bonds is 4. The SMILES string of the molecule is c1ccc(N(c2ccccc2)c2cc3c4c(c2)-n2c5ccccc5c5c6c(cc(c52)B4c2ccccc2N3c2ccccc2)sc2ccccc26)cc1. The maximum absolute atomic E-state index is 2.59. The first-order valence-electron chi connectivity index (χ1n) is 18.2. The van der Waals surface area contributed by atoms with Gasteiger partial charge in [0, 0.05) is 65.1 Å². The van der Waals surface area contributed by atoms with Crippen LogP contribution in [0.25, 0.3) is 47.7 Å². The molecule has 0 aliphatic carbocycles. The van der Waals surface area contributed by atoms with Crippen LogP contribution in [0.4, 0.5) is 34.1 Å². The molecule has 0 bridgehead atoms. The van der Waals surface area contributed by atoms with E-state index in [9.17, 15) is 0 Å². The summed E-state index contributed by atoms with van der Waals surface area (Å²) in [6, 6.07) is 66.9. The van der Waals surface area contributed by atoms with E-state index in [0.29, 0.717) is 0 Å². The van der Waals surface area contributed by atoms with Gasteiger partial charge in [0.25, 0.3) is 6.71 Å². The molecule has 0 atom stereocenters. The molecule has 0 saturated heterocycles. The topological polar surface area (TPSA) is 11.4 Å². The molecular weight excluding hydrogens is 661 g/mol. The van der Waals surface area contributed by atoms with Gasteiger partial charge < -0.3 is 14.4 Å². The zero-order chi connectivity index (χ0) is 34.6. The molecule has 0 saturated carbocycles. The Labute approximate surface area is 311 Å². The predicted molar refractivity (Wildman–Crippen MR) is 228 cm³/mol. The highest BCUT2D eigenvalue weighted by Gasteiger charge is 2.43. The maximum Gasteiger partial charge on any atom is 0.252 e. The lowest BCUT2D eigenvalue weighted by Gasteiger charge is -2.41. The molecule has 0 fully saturated rings. The van der Waals surface area contributed by atoms with E-state index in [1.54, 1.807) is 0 Å². The molecular formula is C48H30BN3S. The average Bonchev–Trinajstić information content (AvgIpc) is 3.77. The van der Waals surface area contributed by atoms with E-state index < -0.39 is 0 Å². The predicted octanol–water partition coefficient (Wildman–Crippen LogP) is 11.2. The molecule has 4 heterocycles. The van der Waals surface area contributed by atoms with Gasteiger partial charge in [0.15, 0.2) is 0 Å². The summed E-state index contributed by atoms with van der Waals surface area (Å²) >= 11 is 1.92. The van der Waals surface area contributed by atoms with Crippen LogP contribution < -0.4 is 26.2 Å². The van der Waals surface area contributed by atoms with Crippen LogP contribution in [0.5, 0.6) is 0 Å². The van der Waals surface area contributed by atoms with E-state index in [-0.39, 0.29) is 6.71 Å². The first-order chi connectivity index (χ1) is 26.3. The highest BCUT2D eigenvalue weighted by Crippen LogP contribution is 2.48. The minimum Gasteiger partial charge on any atom is -0.311 e. The van der Waals surface area contributed by atoms with Gasteiger partial charge in [-0.05, 0) is 89.2 Å². The third-order valence-electron chi connectivity index (χ3n) is 11.3. The Kier molecular flexibility index (Phi) is 6.02. The van der Waals surface area contributed by atoms with Crippen LogP contribution in [0, 0.1) is 0 Å². The Morgan fingerprint density at radius 1 is 0.453 bits per heavy atom. The minimum absolute atomic E-state index is 0.0565. The number of aromatic nitrogens is 1. The van der Waals surface area contributed by atoms with Crippen molar-refractivity contribution in [2.75, 3.05) is 9.80 Å². The van der Waals surface area contributed by atoms with E-state index in [1.807, 2.05) is 11.3 Å². The van der Waals surface area contributed by atoms with Gasteiger partial charge in [-0.3, -0.25) is 0 Å². The number of benzene rings is 8. The van der Waals surface area contributed by atoms with E-state index in [2.05, 4.69) is 196 Å². The van der Waals surface area contributed by atoms with Gasteiger partial charge in [-0.15, -0.1) is 11.3 Å². The molecule has 3 nitrogen and oxygen atoms in total. The molecule has 0 N–H and O–H groups in total. The number of hydrogen-bond acceptors (Lipinski definition) is 3. The molecule has 0 spiro atoms. The van der Waals surface area contributed by atoms with Crippen LogP contribution in [-0.2, 0) is 0 Å². The van der Waals surface area contributed by atoms with Gasteiger partial charge in [-0.25, -0.2) is 0 Å². The molecule has 0 radical (unpaired) electrons. The second-order valence-electron chi connectivity index (χ2n) is 14.1. The van der Waals surface area contributed by atoms with Crippen molar-refractivity contribution in [2.24, 2.45) is 0 Å². The summed E-state index contributed by atoms with van der Waals surface area (Å²) in [5, 5.41) is 5.35. The standard InChI is InChI=1S/C48H30BN3S/c1-4-16-31(17-5-1)50(32-18-6-2-7-19-32)34-28-41-47-42(29-34)52-39-25-13-10-22-35(39)46-45-36-23-11-15-27-43(36)53-44(45)30-38(48(46)52)49(47)37-24-12-14-26-40(37)51(41)33-20-8-3-9-21-33/h1-30H. The number of thiophene rings is 1. The Morgan fingerprint density at radius 3 is 1.85 bits per heavy atom. The highest BCUT2D eigenvalue weighted by molar-refractivity contribution is 7.26. The van der Waals surface area contributed by atoms with Gasteiger partial charge in [-0.1, -0.05) is 109 Å². The van der Waals surface area contributed by atoms with Gasteiger partial charge >= 0.3 is 0 Å². The van der Waals surface area contributed by atoms with Crippen molar-refractivity contribution in [3.05, 3.63) is 182 Å². The molecule has 2 aromatic heterocycles. The third-order valence-corrected chi connectivity index (χ3v) is 12.4. The maximum atomic E-state index is 2.59. The van der Waals surface area contributed by atoms with Gasteiger partial charge in [-0.2, -0.15) is 0 Å². The van der Waals surface area contributed by atoms with Crippen molar-refractivity contribution < 1.29 is 0 Å². The summed E-state index contributed by atoms with van der Waals surface area (Å²) in [6.07, 6.45) is 0. The van der Waals surface area contributed by atoms with Crippen molar-refractivity contribution >= 4 is 111 Å². The summed E-state index contributed by atoms with van der Waals surface area (Å²) in [5.74, 6) is 0. The number of anilines is 6. The zero-order valence-corrected chi connectivity index (χ0v) is 29.5. The molecule has 0 amide bonds. The molecule has 8 aromatic carbocycles. The Hall–Kier alpha value is -6.56. The summed E-state index contributed by atoms with van der Waals surface area (Å²) in [7, 11) is 0. The molecule has 2 aliphatic heterocycles. The van der Waals surface area contributed by atoms with Gasteiger partial charge in [0.1, 0.15) is 0 Å². The van der Waals surface area contributed by atoms with Crippen molar-refractivity contribution in [1.29, 1.82) is 0 Å². The molecule has 2 aliphatic rings. The quantitative estimate of drug-likeness (QED) is 0.170. The van der Waals surface area contributed by atoms with Crippen molar-refractivity contribution in [3.8, 4) is 5.69 Å². The summed E-state index contributed by atoms with van der Waals surface area (Å²) in [4.78, 5) is 4.90. The van der Waals surface area contributed by atoms with Crippen LogP contribution >= 0.6 is 11.3 Å². The molecule has 12 rings (SSSR count). The normalized spacial score (nSPS) is 12.8. The lowest BCUT2D eigenvalue weighted by Crippen LogP contribution is -2.60. The first kappa shape index (κ1) is 29.1. The molecule has 53 heavy (non-hydrogen) atoms. The second-order valence-corrected chi connectivity index (χ2v) is 15.2. The largest absolute Gasteiger partial charge is 0.311 e. The van der Waals surface area contributed by atoms with Crippen LogP contribution in [0.1, 0.15) is 0 Å². The Balaban J connectivity index is 1.29. The molecule has 5 heteroatoms. The Morgan fingerprint density at radius 2 is 1.08 bits per heavy atom. The number of para-hydroxylation sites is 5. The van der Waals surface area contributed by atoms with E-state index >= 15 is 0 Å². The van der Waals surface area contributed by atoms with Crippen molar-refractivity contribution in [2.45, 2.75) is 0 Å². The van der Waals surface area contributed by atoms with Crippen LogP contribution in [-0.4, -0.2) is 11.3 Å². The van der Waals surface area contributed by atoms with Gasteiger partial charge in [0.2, 0.25) is 0 Å². The number of nitrogens with zero attached hydrogens (tertiary/aromatic N) is 3. The van der Waals surface area contributed by atoms with Gasteiger partial charge in [0.05, 0.1) is 16.7 Å². The lowest BCUT2D eigenvalue weighted by molar-refractivity contribution is 1.16. The van der Waals surface area contributed by atoms with Crippen LogP contribution in [0.3, 0.4) is 0 Å². The van der Waals surface area contributed by atoms with Crippen molar-refractivity contribution in [3.63, 3.8) is 0 Å². The van der Waals surface area contributed by atoms with Crippen molar-refractivity contribution in [1.82, 2.24) is 4.57 Å².